The summed E-state index contributed by atoms with van der Waals surface area (Å²) in [5.74, 6) is 0. The van der Waals surface area contributed by atoms with Gasteiger partial charge in [-0.1, -0.05) is 30.3 Å². The topological polar surface area (TPSA) is 3.24 Å². The van der Waals surface area contributed by atoms with Crippen LogP contribution in [0, 0.1) is 0 Å². The molecule has 0 aromatic rings. The fraction of sp³-hybridized carbons (Fsp3) is 0.333. The van der Waals surface area contributed by atoms with E-state index in [1.165, 1.54) is 0 Å². The molecule has 0 fully saturated rings. The fourth-order valence-corrected chi connectivity index (χ4v) is 1.33. The minimum Gasteiger partial charge on any atom is -0.359 e. The third-order valence-corrected chi connectivity index (χ3v) is 2.10. The number of rotatable bonds is 2. The SMILES string of the molecule is C=CC1=CCN(CC)C(Cl)=C1. The van der Waals surface area contributed by atoms with Gasteiger partial charge in [0.15, 0.2) is 0 Å². The van der Waals surface area contributed by atoms with Crippen molar-refractivity contribution in [2.24, 2.45) is 0 Å². The second kappa shape index (κ2) is 3.63. The summed E-state index contributed by atoms with van der Waals surface area (Å²) in [4.78, 5) is 2.09. The number of hydrogen-bond donors (Lipinski definition) is 0. The average molecular weight is 170 g/mol. The maximum atomic E-state index is 5.95. The molecule has 1 aliphatic rings. The number of hydrogen-bond acceptors (Lipinski definition) is 1. The van der Waals surface area contributed by atoms with E-state index in [9.17, 15) is 0 Å². The van der Waals surface area contributed by atoms with E-state index in [0.717, 1.165) is 23.8 Å². The molecule has 0 N–H and O–H groups in total. The summed E-state index contributed by atoms with van der Waals surface area (Å²) in [6, 6.07) is 0. The molecule has 11 heavy (non-hydrogen) atoms. The Bertz CT molecular complexity index is 216. The molecule has 2 heteroatoms. The molecule has 0 aromatic carbocycles. The van der Waals surface area contributed by atoms with Gasteiger partial charge in [-0.25, -0.2) is 0 Å². The Morgan fingerprint density at radius 2 is 2.55 bits per heavy atom. The maximum absolute atomic E-state index is 5.95. The van der Waals surface area contributed by atoms with Crippen LogP contribution in [0.3, 0.4) is 0 Å². The number of halogens is 1. The van der Waals surface area contributed by atoms with Gasteiger partial charge in [-0.3, -0.25) is 0 Å². The zero-order chi connectivity index (χ0) is 8.27. The summed E-state index contributed by atoms with van der Waals surface area (Å²) in [7, 11) is 0. The van der Waals surface area contributed by atoms with Gasteiger partial charge in [0.2, 0.25) is 0 Å². The standard InChI is InChI=1S/C9H12ClN/c1-3-8-5-6-11(4-2)9(10)7-8/h3,5,7H,1,4,6H2,2H3. The Hall–Kier alpha value is -0.690. The smallest absolute Gasteiger partial charge is 0.105 e. The lowest BCUT2D eigenvalue weighted by molar-refractivity contribution is 0.421. The van der Waals surface area contributed by atoms with Gasteiger partial charge in [0.1, 0.15) is 5.16 Å². The monoisotopic (exact) mass is 169 g/mol. The molecule has 0 bridgehead atoms. The first-order valence-corrected chi connectivity index (χ1v) is 4.10. The summed E-state index contributed by atoms with van der Waals surface area (Å²) in [5.41, 5.74) is 1.11. The summed E-state index contributed by atoms with van der Waals surface area (Å²) in [6.45, 7) is 7.62. The van der Waals surface area contributed by atoms with Crippen LogP contribution in [-0.2, 0) is 0 Å². The quantitative estimate of drug-likeness (QED) is 0.575. The van der Waals surface area contributed by atoms with Crippen molar-refractivity contribution in [1.29, 1.82) is 0 Å². The molecular weight excluding hydrogens is 158 g/mol. The first kappa shape index (κ1) is 8.41. The van der Waals surface area contributed by atoms with Crippen LogP contribution in [-0.4, -0.2) is 18.0 Å². The highest BCUT2D eigenvalue weighted by Gasteiger charge is 2.07. The average Bonchev–Trinajstić information content (AvgIpc) is 2.04. The summed E-state index contributed by atoms with van der Waals surface area (Å²) >= 11 is 5.95. The molecule has 0 unspecified atom stereocenters. The van der Waals surface area contributed by atoms with Crippen LogP contribution in [0.25, 0.3) is 0 Å². The molecule has 0 amide bonds. The van der Waals surface area contributed by atoms with Crippen molar-refractivity contribution < 1.29 is 0 Å². The predicted octanol–water partition coefficient (Wildman–Crippen LogP) is 2.51. The zero-order valence-electron chi connectivity index (χ0n) is 6.68. The van der Waals surface area contributed by atoms with Gasteiger partial charge in [-0.2, -0.15) is 0 Å². The lowest BCUT2D eigenvalue weighted by Gasteiger charge is -2.23. The van der Waals surface area contributed by atoms with Crippen LogP contribution >= 0.6 is 11.6 Å². The van der Waals surface area contributed by atoms with Crippen LogP contribution in [0.5, 0.6) is 0 Å². The normalized spacial score (nSPS) is 17.5. The number of nitrogens with zero attached hydrogens (tertiary/aromatic N) is 1. The molecule has 1 heterocycles. The van der Waals surface area contributed by atoms with Crippen molar-refractivity contribution in [3.8, 4) is 0 Å². The van der Waals surface area contributed by atoms with Crippen molar-refractivity contribution in [2.75, 3.05) is 13.1 Å². The lowest BCUT2D eigenvalue weighted by atomic mass is 10.2. The van der Waals surface area contributed by atoms with E-state index in [1.54, 1.807) is 0 Å². The fourth-order valence-electron chi connectivity index (χ4n) is 1.01. The van der Waals surface area contributed by atoms with E-state index in [2.05, 4.69) is 24.5 Å². The molecule has 1 nitrogen and oxygen atoms in total. The first-order chi connectivity index (χ1) is 5.27. The second-order valence-corrected chi connectivity index (χ2v) is 2.80. The largest absolute Gasteiger partial charge is 0.359 e. The van der Waals surface area contributed by atoms with Gasteiger partial charge in [0.05, 0.1) is 0 Å². The minimum atomic E-state index is 0.810. The molecule has 0 aromatic heterocycles. The summed E-state index contributed by atoms with van der Waals surface area (Å²) < 4.78 is 0. The van der Waals surface area contributed by atoms with Gasteiger partial charge >= 0.3 is 0 Å². The van der Waals surface area contributed by atoms with Crippen molar-refractivity contribution in [2.45, 2.75) is 6.92 Å². The number of likely N-dealkylation sites (N-methyl/N-ethyl adjacent to an activating group) is 1. The van der Waals surface area contributed by atoms with Crippen LogP contribution in [0.1, 0.15) is 6.92 Å². The molecule has 0 saturated carbocycles. The van der Waals surface area contributed by atoms with Gasteiger partial charge in [0.25, 0.3) is 0 Å². The van der Waals surface area contributed by atoms with Crippen molar-refractivity contribution in [1.82, 2.24) is 4.90 Å². The second-order valence-electron chi connectivity index (χ2n) is 2.41. The Labute approximate surface area is 72.6 Å². The van der Waals surface area contributed by atoms with Gasteiger partial charge in [-0.15, -0.1) is 0 Å². The lowest BCUT2D eigenvalue weighted by Crippen LogP contribution is -2.22. The van der Waals surface area contributed by atoms with Crippen molar-refractivity contribution in [3.63, 3.8) is 0 Å². The van der Waals surface area contributed by atoms with Gasteiger partial charge in [0, 0.05) is 13.1 Å². The highest BCUT2D eigenvalue weighted by atomic mass is 35.5. The van der Waals surface area contributed by atoms with E-state index in [4.69, 9.17) is 11.6 Å². The highest BCUT2D eigenvalue weighted by Crippen LogP contribution is 2.17. The van der Waals surface area contributed by atoms with Crippen molar-refractivity contribution in [3.05, 3.63) is 35.5 Å². The van der Waals surface area contributed by atoms with E-state index >= 15 is 0 Å². The van der Waals surface area contributed by atoms with Gasteiger partial charge < -0.3 is 4.90 Å². The Morgan fingerprint density at radius 1 is 1.82 bits per heavy atom. The Balaban J connectivity index is 2.73. The predicted molar refractivity (Wildman–Crippen MR) is 49.5 cm³/mol. The molecule has 0 spiro atoms. The van der Waals surface area contributed by atoms with Crippen LogP contribution < -0.4 is 0 Å². The third kappa shape index (κ3) is 1.87. The van der Waals surface area contributed by atoms with Crippen molar-refractivity contribution >= 4 is 11.6 Å². The van der Waals surface area contributed by atoms with E-state index in [1.807, 2.05) is 12.2 Å². The highest BCUT2D eigenvalue weighted by molar-refractivity contribution is 6.29. The van der Waals surface area contributed by atoms with Crippen LogP contribution in [0.4, 0.5) is 0 Å². The maximum Gasteiger partial charge on any atom is 0.105 e. The first-order valence-electron chi connectivity index (χ1n) is 3.72. The van der Waals surface area contributed by atoms with Crippen LogP contribution in [0.15, 0.2) is 35.5 Å². The van der Waals surface area contributed by atoms with E-state index in [0.29, 0.717) is 0 Å². The van der Waals surface area contributed by atoms with Gasteiger partial charge in [-0.05, 0) is 18.6 Å². The molecule has 0 atom stereocenters. The molecule has 1 aliphatic heterocycles. The third-order valence-electron chi connectivity index (χ3n) is 1.75. The van der Waals surface area contributed by atoms with E-state index in [-0.39, 0.29) is 0 Å². The minimum absolute atomic E-state index is 0.810. The molecular formula is C9H12ClN. The molecule has 0 radical (unpaired) electrons. The Kier molecular flexibility index (Phi) is 2.77. The molecule has 60 valence electrons. The number of allylic oxidation sites excluding steroid dienone is 3. The summed E-state index contributed by atoms with van der Waals surface area (Å²) in [5, 5.41) is 0.810. The molecule has 0 saturated heterocycles. The zero-order valence-corrected chi connectivity index (χ0v) is 7.43. The molecule has 1 rings (SSSR count). The molecule has 0 aliphatic carbocycles. The van der Waals surface area contributed by atoms with Crippen LogP contribution in [0.2, 0.25) is 0 Å². The summed E-state index contributed by atoms with van der Waals surface area (Å²) in [6.07, 6.45) is 5.86. The Morgan fingerprint density at radius 3 is 3.00 bits per heavy atom. The van der Waals surface area contributed by atoms with E-state index < -0.39 is 0 Å².